The normalized spacial score (nSPS) is 18.0. The molecule has 0 amide bonds. The standard InChI is InChI=1S/C7H17OP/c1-5(2)6(3)8-7(4)9/h5-7H,9H2,1-4H3. The lowest BCUT2D eigenvalue weighted by Crippen LogP contribution is -2.18. The molecular weight excluding hydrogens is 131 g/mol. The van der Waals surface area contributed by atoms with Gasteiger partial charge in [0, 0.05) is 0 Å². The third-order valence-electron chi connectivity index (χ3n) is 1.37. The fraction of sp³-hybridized carbons (Fsp3) is 1.00. The number of rotatable bonds is 3. The van der Waals surface area contributed by atoms with Crippen LogP contribution >= 0.6 is 9.24 Å². The molecule has 0 fully saturated rings. The van der Waals surface area contributed by atoms with Crippen LogP contribution in [0.2, 0.25) is 0 Å². The lowest BCUT2D eigenvalue weighted by atomic mass is 10.1. The molecule has 0 aliphatic heterocycles. The predicted molar refractivity (Wildman–Crippen MR) is 44.6 cm³/mol. The molecule has 0 saturated heterocycles. The monoisotopic (exact) mass is 148 g/mol. The Morgan fingerprint density at radius 1 is 1.11 bits per heavy atom. The van der Waals surface area contributed by atoms with Crippen molar-refractivity contribution in [1.82, 2.24) is 0 Å². The van der Waals surface area contributed by atoms with Crippen LogP contribution in [0.15, 0.2) is 0 Å². The van der Waals surface area contributed by atoms with Crippen LogP contribution in [0.1, 0.15) is 27.7 Å². The van der Waals surface area contributed by atoms with E-state index >= 15 is 0 Å². The van der Waals surface area contributed by atoms with Gasteiger partial charge in [-0.3, -0.25) is 0 Å². The van der Waals surface area contributed by atoms with Crippen molar-refractivity contribution >= 4 is 9.24 Å². The van der Waals surface area contributed by atoms with E-state index < -0.39 is 0 Å². The van der Waals surface area contributed by atoms with E-state index in [1.165, 1.54) is 0 Å². The minimum atomic E-state index is 0.280. The summed E-state index contributed by atoms with van der Waals surface area (Å²) in [5.74, 6) is 0.899. The second kappa shape index (κ2) is 4.24. The van der Waals surface area contributed by atoms with E-state index in [-0.39, 0.29) is 5.85 Å². The van der Waals surface area contributed by atoms with Gasteiger partial charge in [-0.05, 0) is 19.8 Å². The van der Waals surface area contributed by atoms with Crippen LogP contribution in [0.25, 0.3) is 0 Å². The van der Waals surface area contributed by atoms with Gasteiger partial charge in [-0.15, -0.1) is 9.24 Å². The first-order chi connectivity index (χ1) is 4.04. The summed E-state index contributed by atoms with van der Waals surface area (Å²) in [5.41, 5.74) is 0. The summed E-state index contributed by atoms with van der Waals surface area (Å²) in [6, 6.07) is 0. The third kappa shape index (κ3) is 4.87. The molecule has 56 valence electrons. The van der Waals surface area contributed by atoms with Crippen molar-refractivity contribution in [3.63, 3.8) is 0 Å². The van der Waals surface area contributed by atoms with E-state index in [9.17, 15) is 0 Å². The molecule has 2 heteroatoms. The van der Waals surface area contributed by atoms with Gasteiger partial charge in [0.1, 0.15) is 0 Å². The Balaban J connectivity index is 3.38. The molecule has 0 aromatic carbocycles. The van der Waals surface area contributed by atoms with E-state index in [4.69, 9.17) is 4.74 Å². The summed E-state index contributed by atoms with van der Waals surface area (Å²) >= 11 is 0. The van der Waals surface area contributed by atoms with E-state index in [2.05, 4.69) is 30.0 Å². The minimum absolute atomic E-state index is 0.280. The highest BCUT2D eigenvalue weighted by molar-refractivity contribution is 7.17. The maximum atomic E-state index is 5.47. The van der Waals surface area contributed by atoms with Crippen LogP contribution < -0.4 is 0 Å². The number of ether oxygens (including phenoxy) is 1. The van der Waals surface area contributed by atoms with Crippen molar-refractivity contribution < 1.29 is 4.74 Å². The Hall–Kier alpha value is 0.390. The van der Waals surface area contributed by atoms with Crippen LogP contribution in [0, 0.1) is 5.92 Å². The molecule has 0 saturated carbocycles. The summed E-state index contributed by atoms with van der Waals surface area (Å²) in [6.45, 7) is 8.46. The zero-order chi connectivity index (χ0) is 7.44. The van der Waals surface area contributed by atoms with Gasteiger partial charge in [-0.25, -0.2) is 0 Å². The van der Waals surface area contributed by atoms with Crippen LogP contribution in [-0.4, -0.2) is 11.9 Å². The first-order valence-electron chi connectivity index (χ1n) is 3.45. The molecule has 0 radical (unpaired) electrons. The van der Waals surface area contributed by atoms with Gasteiger partial charge in [-0.1, -0.05) is 13.8 Å². The fourth-order valence-corrected chi connectivity index (χ4v) is 0.744. The zero-order valence-corrected chi connectivity index (χ0v) is 7.87. The molecule has 0 aliphatic carbocycles. The number of hydrogen-bond acceptors (Lipinski definition) is 1. The van der Waals surface area contributed by atoms with Gasteiger partial charge in [-0.2, -0.15) is 0 Å². The molecule has 0 N–H and O–H groups in total. The molecule has 0 aliphatic rings. The molecule has 0 heterocycles. The maximum absolute atomic E-state index is 5.47. The van der Waals surface area contributed by atoms with Crippen LogP contribution in [-0.2, 0) is 4.74 Å². The maximum Gasteiger partial charge on any atom is 0.0684 e. The summed E-state index contributed by atoms with van der Waals surface area (Å²) in [6.07, 6.45) is 0.373. The number of hydrogen-bond donors (Lipinski definition) is 0. The molecular formula is C7H17OP. The van der Waals surface area contributed by atoms with Crippen molar-refractivity contribution in [3.8, 4) is 0 Å². The molecule has 1 nitrogen and oxygen atoms in total. The Kier molecular flexibility index (Phi) is 4.43. The Morgan fingerprint density at radius 3 is 1.67 bits per heavy atom. The Bertz CT molecular complexity index is 71.3. The van der Waals surface area contributed by atoms with Gasteiger partial charge in [0.05, 0.1) is 11.9 Å². The second-order valence-electron chi connectivity index (χ2n) is 2.79. The molecule has 9 heavy (non-hydrogen) atoms. The van der Waals surface area contributed by atoms with Crippen molar-refractivity contribution in [2.45, 2.75) is 39.6 Å². The molecule has 0 spiro atoms. The third-order valence-corrected chi connectivity index (χ3v) is 1.53. The molecule has 0 rings (SSSR count). The highest BCUT2D eigenvalue weighted by atomic mass is 31.0. The summed E-state index contributed by atoms with van der Waals surface area (Å²) in [4.78, 5) is 0. The molecule has 0 aromatic heterocycles. The highest BCUT2D eigenvalue weighted by Gasteiger charge is 2.07. The summed E-state index contributed by atoms with van der Waals surface area (Å²) in [5, 5.41) is 0. The second-order valence-corrected chi connectivity index (χ2v) is 3.73. The van der Waals surface area contributed by atoms with E-state index in [0.29, 0.717) is 12.0 Å². The minimum Gasteiger partial charge on any atom is -0.371 e. The first kappa shape index (κ1) is 9.39. The highest BCUT2D eigenvalue weighted by Crippen LogP contribution is 2.11. The van der Waals surface area contributed by atoms with Crippen LogP contribution in [0.3, 0.4) is 0 Å². The zero-order valence-electron chi connectivity index (χ0n) is 6.72. The lowest BCUT2D eigenvalue weighted by Gasteiger charge is -2.18. The van der Waals surface area contributed by atoms with Crippen molar-refractivity contribution in [3.05, 3.63) is 0 Å². The average Bonchev–Trinajstić information content (AvgIpc) is 1.63. The van der Waals surface area contributed by atoms with Gasteiger partial charge in [0.2, 0.25) is 0 Å². The molecule has 3 unspecified atom stereocenters. The van der Waals surface area contributed by atoms with Crippen molar-refractivity contribution in [2.75, 3.05) is 0 Å². The Morgan fingerprint density at radius 2 is 1.56 bits per heavy atom. The summed E-state index contributed by atoms with van der Waals surface area (Å²) < 4.78 is 5.47. The van der Waals surface area contributed by atoms with E-state index in [1.807, 2.05) is 6.92 Å². The van der Waals surface area contributed by atoms with Crippen LogP contribution in [0.5, 0.6) is 0 Å². The van der Waals surface area contributed by atoms with Crippen molar-refractivity contribution in [1.29, 1.82) is 0 Å². The first-order valence-corrected chi connectivity index (χ1v) is 4.11. The van der Waals surface area contributed by atoms with Gasteiger partial charge >= 0.3 is 0 Å². The summed E-state index contributed by atoms with van der Waals surface area (Å²) in [7, 11) is 2.63. The van der Waals surface area contributed by atoms with E-state index in [1.54, 1.807) is 0 Å². The quantitative estimate of drug-likeness (QED) is 0.558. The van der Waals surface area contributed by atoms with Gasteiger partial charge < -0.3 is 4.74 Å². The van der Waals surface area contributed by atoms with Gasteiger partial charge in [0.15, 0.2) is 0 Å². The topological polar surface area (TPSA) is 9.23 Å². The van der Waals surface area contributed by atoms with E-state index in [0.717, 1.165) is 0 Å². The molecule has 0 aromatic rings. The lowest BCUT2D eigenvalue weighted by molar-refractivity contribution is 0.0262. The Labute approximate surface area is 60.4 Å². The largest absolute Gasteiger partial charge is 0.371 e. The molecule has 0 bridgehead atoms. The SMILES string of the molecule is CC(P)OC(C)C(C)C. The van der Waals surface area contributed by atoms with Gasteiger partial charge in [0.25, 0.3) is 0 Å². The predicted octanol–water partition coefficient (Wildman–Crippen LogP) is 2.27. The fourth-order valence-electron chi connectivity index (χ4n) is 0.496. The average molecular weight is 148 g/mol. The smallest absolute Gasteiger partial charge is 0.0684 e. The molecule has 3 atom stereocenters. The van der Waals surface area contributed by atoms with Crippen LogP contribution in [0.4, 0.5) is 0 Å². The van der Waals surface area contributed by atoms with Crippen molar-refractivity contribution in [2.24, 2.45) is 5.92 Å².